The third kappa shape index (κ3) is 1.94. The molecule has 1 saturated carbocycles. The average Bonchev–Trinajstić information content (AvgIpc) is 2.96. The summed E-state index contributed by atoms with van der Waals surface area (Å²) < 4.78 is 5.48. The van der Waals surface area contributed by atoms with Crippen molar-refractivity contribution in [2.24, 2.45) is 29.6 Å². The summed E-state index contributed by atoms with van der Waals surface area (Å²) in [5.41, 5.74) is 0. The van der Waals surface area contributed by atoms with E-state index in [4.69, 9.17) is 4.74 Å². The van der Waals surface area contributed by atoms with Gasteiger partial charge in [-0.05, 0) is 49.4 Å². The van der Waals surface area contributed by atoms with Gasteiger partial charge in [0.2, 0.25) is 5.91 Å². The van der Waals surface area contributed by atoms with Crippen molar-refractivity contribution < 1.29 is 9.53 Å². The molecule has 0 N–H and O–H groups in total. The average molecular weight is 261 g/mol. The maximum absolute atomic E-state index is 12.6. The molecule has 2 bridgehead atoms. The Bertz CT molecular complexity index is 378. The number of ether oxygens (including phenoxy) is 1. The van der Waals surface area contributed by atoms with Gasteiger partial charge in [-0.15, -0.1) is 0 Å². The number of hydrogen-bond acceptors (Lipinski definition) is 2. The zero-order valence-electron chi connectivity index (χ0n) is 11.5. The summed E-state index contributed by atoms with van der Waals surface area (Å²) in [7, 11) is 0. The Morgan fingerprint density at radius 1 is 1.05 bits per heavy atom. The summed E-state index contributed by atoms with van der Waals surface area (Å²) in [5.74, 6) is 3.49. The van der Waals surface area contributed by atoms with Gasteiger partial charge in [-0.1, -0.05) is 12.2 Å². The van der Waals surface area contributed by atoms with E-state index in [-0.39, 0.29) is 5.92 Å². The molecule has 0 aromatic carbocycles. The Morgan fingerprint density at radius 3 is 2.26 bits per heavy atom. The van der Waals surface area contributed by atoms with Crippen LogP contribution in [0.2, 0.25) is 0 Å². The molecule has 5 aliphatic rings. The largest absolute Gasteiger partial charge is 0.381 e. The highest BCUT2D eigenvalue weighted by Gasteiger charge is 2.47. The molecule has 0 radical (unpaired) electrons. The molecule has 0 aromatic heterocycles. The lowest BCUT2D eigenvalue weighted by Gasteiger charge is -2.40. The second-order valence-corrected chi connectivity index (χ2v) is 6.77. The molecule has 0 spiro atoms. The number of rotatable bonds is 1. The van der Waals surface area contributed by atoms with Crippen LogP contribution in [0.4, 0.5) is 0 Å². The normalized spacial score (nSPS) is 44.4. The fourth-order valence-electron chi connectivity index (χ4n) is 4.71. The van der Waals surface area contributed by atoms with Crippen LogP contribution in [-0.2, 0) is 9.53 Å². The summed E-state index contributed by atoms with van der Waals surface area (Å²) in [5, 5.41) is 0. The first-order valence-electron chi connectivity index (χ1n) is 7.88. The molecule has 5 rings (SSSR count). The first-order valence-corrected chi connectivity index (χ1v) is 7.88. The van der Waals surface area contributed by atoms with Crippen molar-refractivity contribution in [3.63, 3.8) is 0 Å². The number of hydrogen-bond donors (Lipinski definition) is 0. The van der Waals surface area contributed by atoms with E-state index in [9.17, 15) is 4.79 Å². The summed E-state index contributed by atoms with van der Waals surface area (Å²) >= 11 is 0. The number of fused-ring (bicyclic) bond motifs is 1. The molecule has 3 nitrogen and oxygen atoms in total. The lowest BCUT2D eigenvalue weighted by Crippen LogP contribution is -2.38. The van der Waals surface area contributed by atoms with Crippen molar-refractivity contribution in [1.82, 2.24) is 4.90 Å². The van der Waals surface area contributed by atoms with Crippen LogP contribution in [0.25, 0.3) is 0 Å². The second kappa shape index (κ2) is 4.62. The van der Waals surface area contributed by atoms with E-state index >= 15 is 0 Å². The van der Waals surface area contributed by atoms with Gasteiger partial charge in [0.25, 0.3) is 0 Å². The molecule has 2 aliphatic heterocycles. The highest BCUT2D eigenvalue weighted by Crippen LogP contribution is 2.48. The maximum atomic E-state index is 12.6. The summed E-state index contributed by atoms with van der Waals surface area (Å²) in [6.07, 6.45) is 9.60. The van der Waals surface area contributed by atoms with E-state index in [2.05, 4.69) is 17.1 Å². The van der Waals surface area contributed by atoms with Crippen LogP contribution in [0, 0.1) is 29.6 Å². The minimum atomic E-state index is 0.138. The summed E-state index contributed by atoms with van der Waals surface area (Å²) in [6.45, 7) is 3.50. The van der Waals surface area contributed by atoms with Crippen molar-refractivity contribution in [2.45, 2.75) is 25.7 Å². The van der Waals surface area contributed by atoms with Gasteiger partial charge in [-0.25, -0.2) is 0 Å². The fourth-order valence-corrected chi connectivity index (χ4v) is 4.71. The van der Waals surface area contributed by atoms with Gasteiger partial charge < -0.3 is 9.64 Å². The topological polar surface area (TPSA) is 29.5 Å². The van der Waals surface area contributed by atoms with E-state index in [1.54, 1.807) is 0 Å². The van der Waals surface area contributed by atoms with E-state index in [0.29, 0.717) is 12.5 Å². The zero-order chi connectivity index (χ0) is 12.8. The molecule has 2 heterocycles. The number of carbonyl (C=O) groups excluding carboxylic acids is 1. The van der Waals surface area contributed by atoms with Crippen molar-refractivity contribution in [3.05, 3.63) is 12.2 Å². The molecule has 0 aromatic rings. The molecule has 5 atom stereocenters. The molecule has 0 unspecified atom stereocenters. The molecule has 104 valence electrons. The Hall–Kier alpha value is -0.830. The minimum absolute atomic E-state index is 0.138. The monoisotopic (exact) mass is 261 g/mol. The molecule has 3 fully saturated rings. The number of likely N-dealkylation sites (tertiary alicyclic amines) is 1. The van der Waals surface area contributed by atoms with Crippen LogP contribution >= 0.6 is 0 Å². The Balaban J connectivity index is 1.46. The molecule has 2 saturated heterocycles. The van der Waals surface area contributed by atoms with Gasteiger partial charge in [0.05, 0.1) is 12.5 Å². The van der Waals surface area contributed by atoms with Crippen molar-refractivity contribution in [2.75, 3.05) is 26.3 Å². The Kier molecular flexibility index (Phi) is 2.91. The van der Waals surface area contributed by atoms with Gasteiger partial charge in [-0.3, -0.25) is 4.79 Å². The third-order valence-corrected chi connectivity index (χ3v) is 5.77. The predicted molar refractivity (Wildman–Crippen MR) is 72.5 cm³/mol. The van der Waals surface area contributed by atoms with Crippen LogP contribution in [0.1, 0.15) is 25.7 Å². The standard InChI is InChI=1S/C16H23NO2/c18-16(13-2-1-7-19-10-13)17-8-14-11-3-4-12(6-5-11)15(14)9-17/h3-4,11-15H,1-2,5-10H2/t11-,12-,13+,14+,15+/m0/s1. The van der Waals surface area contributed by atoms with Crippen LogP contribution in [0.3, 0.4) is 0 Å². The molecule has 19 heavy (non-hydrogen) atoms. The smallest absolute Gasteiger partial charge is 0.228 e. The van der Waals surface area contributed by atoms with Gasteiger partial charge in [0, 0.05) is 19.7 Å². The van der Waals surface area contributed by atoms with Gasteiger partial charge in [0.1, 0.15) is 0 Å². The summed E-state index contributed by atoms with van der Waals surface area (Å²) in [6, 6.07) is 0. The van der Waals surface area contributed by atoms with Crippen LogP contribution in [0.5, 0.6) is 0 Å². The third-order valence-electron chi connectivity index (χ3n) is 5.77. The predicted octanol–water partition coefficient (Wildman–Crippen LogP) is 2.08. The number of amides is 1. The number of allylic oxidation sites excluding steroid dienone is 2. The SMILES string of the molecule is O=C([C@@H]1CCCOC1)N1C[C@H]2[C@H](C1)[C@H]1C=C[C@H]2CC1. The highest BCUT2D eigenvalue weighted by atomic mass is 16.5. The lowest BCUT2D eigenvalue weighted by molar-refractivity contribution is -0.138. The van der Waals surface area contributed by atoms with E-state index in [0.717, 1.165) is 56.2 Å². The van der Waals surface area contributed by atoms with Crippen molar-refractivity contribution in [3.8, 4) is 0 Å². The van der Waals surface area contributed by atoms with E-state index < -0.39 is 0 Å². The first kappa shape index (κ1) is 12.0. The maximum Gasteiger partial charge on any atom is 0.228 e. The van der Waals surface area contributed by atoms with E-state index in [1.165, 1.54) is 12.8 Å². The second-order valence-electron chi connectivity index (χ2n) is 6.77. The molecular formula is C16H23NO2. The molecular weight excluding hydrogens is 238 g/mol. The fraction of sp³-hybridized carbons (Fsp3) is 0.812. The molecule has 1 amide bonds. The lowest BCUT2D eigenvalue weighted by atomic mass is 9.64. The number of nitrogens with zero attached hydrogens (tertiary/aromatic N) is 1. The van der Waals surface area contributed by atoms with Gasteiger partial charge >= 0.3 is 0 Å². The van der Waals surface area contributed by atoms with Crippen LogP contribution in [0.15, 0.2) is 12.2 Å². The number of carbonyl (C=O) groups is 1. The molecule has 3 heteroatoms. The van der Waals surface area contributed by atoms with Crippen LogP contribution in [-0.4, -0.2) is 37.1 Å². The Morgan fingerprint density at radius 2 is 1.74 bits per heavy atom. The minimum Gasteiger partial charge on any atom is -0.381 e. The van der Waals surface area contributed by atoms with E-state index in [1.807, 2.05) is 0 Å². The van der Waals surface area contributed by atoms with Gasteiger partial charge in [-0.2, -0.15) is 0 Å². The van der Waals surface area contributed by atoms with Crippen molar-refractivity contribution in [1.29, 1.82) is 0 Å². The van der Waals surface area contributed by atoms with Crippen molar-refractivity contribution >= 4 is 5.91 Å². The van der Waals surface area contributed by atoms with Gasteiger partial charge in [0.15, 0.2) is 0 Å². The quantitative estimate of drug-likeness (QED) is 0.676. The highest BCUT2D eigenvalue weighted by molar-refractivity contribution is 5.79. The van der Waals surface area contributed by atoms with Crippen LogP contribution < -0.4 is 0 Å². The Labute approximate surface area is 115 Å². The first-order chi connectivity index (χ1) is 9.33. The molecule has 3 aliphatic carbocycles. The summed E-state index contributed by atoms with van der Waals surface area (Å²) in [4.78, 5) is 14.8. The zero-order valence-corrected chi connectivity index (χ0v) is 11.5.